The van der Waals surface area contributed by atoms with Gasteiger partial charge in [0.15, 0.2) is 6.61 Å². The van der Waals surface area contributed by atoms with Gasteiger partial charge in [-0.2, -0.15) is 0 Å². The molecule has 2 amide bonds. The Kier molecular flexibility index (Phi) is 6.39. The maximum absolute atomic E-state index is 13.2. The largest absolute Gasteiger partial charge is 0.484 e. The number of para-hydroxylation sites is 1. The number of ether oxygens (including phenoxy) is 1. The second-order valence-electron chi connectivity index (χ2n) is 5.81. The van der Waals surface area contributed by atoms with Crippen molar-refractivity contribution in [2.24, 2.45) is 0 Å². The Hall–Kier alpha value is -3.19. The van der Waals surface area contributed by atoms with Crippen LogP contribution in [0.25, 0.3) is 0 Å². The molecular weight excluding hydrogens is 427 g/mol. The first kappa shape index (κ1) is 19.6. The lowest BCUT2D eigenvalue weighted by Crippen LogP contribution is -2.20. The molecule has 3 aromatic rings. The highest BCUT2D eigenvalue weighted by molar-refractivity contribution is 9.10. The minimum atomic E-state index is -0.437. The quantitative estimate of drug-likeness (QED) is 0.572. The van der Waals surface area contributed by atoms with Crippen molar-refractivity contribution in [1.82, 2.24) is 0 Å². The smallest absolute Gasteiger partial charge is 0.262 e. The number of carbonyl (C=O) groups is 2. The third-order valence-electron chi connectivity index (χ3n) is 3.70. The van der Waals surface area contributed by atoms with Crippen LogP contribution in [0.4, 0.5) is 15.8 Å². The zero-order valence-corrected chi connectivity index (χ0v) is 16.2. The average Bonchev–Trinajstić information content (AvgIpc) is 2.67. The van der Waals surface area contributed by atoms with Crippen LogP contribution < -0.4 is 15.4 Å². The summed E-state index contributed by atoms with van der Waals surface area (Å²) in [5.41, 5.74) is 1.47. The van der Waals surface area contributed by atoms with E-state index in [0.29, 0.717) is 27.2 Å². The number of hydrogen-bond donors (Lipinski definition) is 2. The molecule has 3 rings (SSSR count). The number of benzene rings is 3. The molecule has 0 bridgehead atoms. The van der Waals surface area contributed by atoms with Crippen molar-refractivity contribution >= 4 is 39.1 Å². The fourth-order valence-electron chi connectivity index (χ4n) is 2.40. The standard InChI is InChI=1S/C21H16BrFN2O3/c22-19-11-14(23)9-10-18(19)21(27)25-16-7-4-8-17(12-16)28-13-20(26)24-15-5-2-1-3-6-15/h1-12H,13H2,(H,24,26)(H,25,27). The van der Waals surface area contributed by atoms with E-state index in [-0.39, 0.29) is 12.5 Å². The van der Waals surface area contributed by atoms with Crippen molar-refractivity contribution in [3.05, 3.63) is 88.6 Å². The summed E-state index contributed by atoms with van der Waals surface area (Å²) >= 11 is 3.17. The molecule has 0 aromatic heterocycles. The van der Waals surface area contributed by atoms with E-state index in [0.717, 1.165) is 0 Å². The fourth-order valence-corrected chi connectivity index (χ4v) is 2.93. The minimum absolute atomic E-state index is 0.171. The normalized spacial score (nSPS) is 10.2. The van der Waals surface area contributed by atoms with E-state index in [1.165, 1.54) is 18.2 Å². The lowest BCUT2D eigenvalue weighted by atomic mass is 10.2. The molecule has 0 unspecified atom stereocenters. The zero-order chi connectivity index (χ0) is 19.9. The number of nitrogens with one attached hydrogen (secondary N) is 2. The van der Waals surface area contributed by atoms with E-state index in [1.807, 2.05) is 18.2 Å². The molecule has 0 heterocycles. The minimum Gasteiger partial charge on any atom is -0.484 e. The van der Waals surface area contributed by atoms with Crippen molar-refractivity contribution < 1.29 is 18.7 Å². The Morgan fingerprint density at radius 1 is 0.893 bits per heavy atom. The molecule has 7 heteroatoms. The maximum Gasteiger partial charge on any atom is 0.262 e. The van der Waals surface area contributed by atoms with Crippen molar-refractivity contribution in [1.29, 1.82) is 0 Å². The molecule has 0 atom stereocenters. The van der Waals surface area contributed by atoms with Gasteiger partial charge in [-0.05, 0) is 58.4 Å². The third kappa shape index (κ3) is 5.40. The van der Waals surface area contributed by atoms with Gasteiger partial charge in [0.1, 0.15) is 11.6 Å². The molecular formula is C21H16BrFN2O3. The van der Waals surface area contributed by atoms with Crippen molar-refractivity contribution in [3.8, 4) is 5.75 Å². The van der Waals surface area contributed by atoms with Gasteiger partial charge in [0.05, 0.1) is 5.56 Å². The first-order chi connectivity index (χ1) is 13.5. The summed E-state index contributed by atoms with van der Waals surface area (Å²) in [4.78, 5) is 24.3. The summed E-state index contributed by atoms with van der Waals surface area (Å²) in [6, 6.07) is 19.5. The number of carbonyl (C=O) groups excluding carboxylic acids is 2. The summed E-state index contributed by atoms with van der Waals surface area (Å²) < 4.78 is 19.0. The van der Waals surface area contributed by atoms with E-state index < -0.39 is 11.7 Å². The van der Waals surface area contributed by atoms with Gasteiger partial charge in [-0.15, -0.1) is 0 Å². The van der Waals surface area contributed by atoms with Crippen LogP contribution in [0.5, 0.6) is 5.75 Å². The highest BCUT2D eigenvalue weighted by Crippen LogP contribution is 2.22. The molecule has 0 aliphatic heterocycles. The Labute approximate surface area is 169 Å². The number of amides is 2. The molecule has 0 radical (unpaired) electrons. The van der Waals surface area contributed by atoms with Crippen LogP contribution in [0.3, 0.4) is 0 Å². The topological polar surface area (TPSA) is 67.4 Å². The predicted octanol–water partition coefficient (Wildman–Crippen LogP) is 4.86. The second kappa shape index (κ2) is 9.14. The number of hydrogen-bond acceptors (Lipinski definition) is 3. The Bertz CT molecular complexity index is 996. The monoisotopic (exact) mass is 442 g/mol. The van der Waals surface area contributed by atoms with Crippen LogP contribution in [0.15, 0.2) is 77.3 Å². The Balaban J connectivity index is 1.59. The number of halogens is 2. The van der Waals surface area contributed by atoms with Crippen LogP contribution in [-0.2, 0) is 4.79 Å². The van der Waals surface area contributed by atoms with E-state index in [9.17, 15) is 14.0 Å². The first-order valence-electron chi connectivity index (χ1n) is 8.35. The Morgan fingerprint density at radius 3 is 2.39 bits per heavy atom. The summed E-state index contributed by atoms with van der Waals surface area (Å²) in [5.74, 6) is -0.700. The summed E-state index contributed by atoms with van der Waals surface area (Å²) in [7, 11) is 0. The van der Waals surface area contributed by atoms with Crippen LogP contribution in [0, 0.1) is 5.82 Å². The van der Waals surface area contributed by atoms with Crippen LogP contribution in [-0.4, -0.2) is 18.4 Å². The van der Waals surface area contributed by atoms with Gasteiger partial charge in [-0.25, -0.2) is 4.39 Å². The number of rotatable bonds is 6. The van der Waals surface area contributed by atoms with Crippen molar-refractivity contribution in [2.75, 3.05) is 17.2 Å². The number of anilines is 2. The highest BCUT2D eigenvalue weighted by atomic mass is 79.9. The predicted molar refractivity (Wildman–Crippen MR) is 109 cm³/mol. The van der Waals surface area contributed by atoms with E-state index >= 15 is 0 Å². The molecule has 3 aromatic carbocycles. The molecule has 0 aliphatic carbocycles. The molecule has 5 nitrogen and oxygen atoms in total. The van der Waals surface area contributed by atoms with Gasteiger partial charge in [-0.3, -0.25) is 9.59 Å². The summed E-state index contributed by atoms with van der Waals surface area (Å²) in [6.45, 7) is -0.171. The lowest BCUT2D eigenvalue weighted by Gasteiger charge is -2.10. The van der Waals surface area contributed by atoms with Crippen LogP contribution >= 0.6 is 15.9 Å². The summed E-state index contributed by atoms with van der Waals surface area (Å²) in [5, 5.41) is 5.44. The van der Waals surface area contributed by atoms with Gasteiger partial charge < -0.3 is 15.4 Å². The van der Waals surface area contributed by atoms with Gasteiger partial charge in [0.2, 0.25) is 0 Å². The molecule has 142 valence electrons. The molecule has 0 saturated heterocycles. The maximum atomic E-state index is 13.2. The fraction of sp³-hybridized carbons (Fsp3) is 0.0476. The van der Waals surface area contributed by atoms with Crippen LogP contribution in [0.1, 0.15) is 10.4 Å². The van der Waals surface area contributed by atoms with Gasteiger partial charge in [-0.1, -0.05) is 24.3 Å². The van der Waals surface area contributed by atoms with Crippen molar-refractivity contribution in [2.45, 2.75) is 0 Å². The molecule has 0 aliphatic rings. The molecule has 0 spiro atoms. The average molecular weight is 443 g/mol. The third-order valence-corrected chi connectivity index (χ3v) is 4.35. The van der Waals surface area contributed by atoms with Gasteiger partial charge >= 0.3 is 0 Å². The van der Waals surface area contributed by atoms with Gasteiger partial charge in [0.25, 0.3) is 11.8 Å². The molecule has 0 saturated carbocycles. The van der Waals surface area contributed by atoms with Crippen LogP contribution in [0.2, 0.25) is 0 Å². The SMILES string of the molecule is O=C(COc1cccc(NC(=O)c2ccc(F)cc2Br)c1)Nc1ccccc1. The lowest BCUT2D eigenvalue weighted by molar-refractivity contribution is -0.118. The van der Waals surface area contributed by atoms with Crippen molar-refractivity contribution in [3.63, 3.8) is 0 Å². The second-order valence-corrected chi connectivity index (χ2v) is 6.66. The molecule has 28 heavy (non-hydrogen) atoms. The zero-order valence-electron chi connectivity index (χ0n) is 14.6. The van der Waals surface area contributed by atoms with E-state index in [4.69, 9.17) is 4.74 Å². The summed E-state index contributed by atoms with van der Waals surface area (Å²) in [6.07, 6.45) is 0. The highest BCUT2D eigenvalue weighted by Gasteiger charge is 2.12. The molecule has 2 N–H and O–H groups in total. The van der Waals surface area contributed by atoms with E-state index in [2.05, 4.69) is 26.6 Å². The van der Waals surface area contributed by atoms with E-state index in [1.54, 1.807) is 36.4 Å². The molecule has 0 fully saturated rings. The Morgan fingerprint density at radius 2 is 1.64 bits per heavy atom. The first-order valence-corrected chi connectivity index (χ1v) is 9.15. The van der Waals surface area contributed by atoms with Gasteiger partial charge in [0, 0.05) is 21.9 Å².